The molecule has 0 heterocycles. The number of rotatable bonds is 5. The topological polar surface area (TPSA) is 95.5 Å². The number of benzene rings is 1. The Hall–Kier alpha value is -2.09. The molecule has 19 heavy (non-hydrogen) atoms. The predicted molar refractivity (Wildman–Crippen MR) is 72.5 cm³/mol. The summed E-state index contributed by atoms with van der Waals surface area (Å²) in [7, 11) is 0. The highest BCUT2D eigenvalue weighted by Gasteiger charge is 2.25. The van der Waals surface area contributed by atoms with E-state index in [4.69, 9.17) is 17.0 Å². The van der Waals surface area contributed by atoms with Gasteiger partial charge in [0.2, 0.25) is 0 Å². The molecule has 0 atom stereocenters. The second kappa shape index (κ2) is 6.19. The molecule has 0 saturated heterocycles. The van der Waals surface area contributed by atoms with Crippen LogP contribution in [-0.2, 0) is 11.2 Å². The molecule has 0 amide bonds. The molecule has 0 fully saturated rings. The lowest BCUT2D eigenvalue weighted by Gasteiger charge is -2.10. The second-order valence-electron chi connectivity index (χ2n) is 3.58. The van der Waals surface area contributed by atoms with Crippen LogP contribution in [0.1, 0.15) is 25.0 Å². The Kier molecular flexibility index (Phi) is 4.87. The average molecular weight is 284 g/mol. The van der Waals surface area contributed by atoms with Crippen molar-refractivity contribution in [3.63, 3.8) is 0 Å². The first-order valence-electron chi connectivity index (χ1n) is 5.55. The van der Waals surface area contributed by atoms with Crippen molar-refractivity contribution >= 4 is 28.6 Å². The smallest absolute Gasteiger partial charge is 0.280 e. The van der Waals surface area contributed by atoms with Crippen LogP contribution in [0.4, 0.5) is 11.4 Å². The van der Waals surface area contributed by atoms with Crippen LogP contribution in [0.25, 0.3) is 0 Å². The number of non-ortho nitro benzene ring substituents is 1. The maximum absolute atomic E-state index is 11.0. The first kappa shape index (κ1) is 15.0. The van der Waals surface area contributed by atoms with Crippen LogP contribution in [0.2, 0.25) is 0 Å². The van der Waals surface area contributed by atoms with Crippen molar-refractivity contribution in [2.45, 2.75) is 20.3 Å². The molecular weight excluding hydrogens is 272 g/mol. The Balaban J connectivity index is 3.53. The van der Waals surface area contributed by atoms with E-state index >= 15 is 0 Å². The quantitative estimate of drug-likeness (QED) is 0.468. The summed E-state index contributed by atoms with van der Waals surface area (Å²) in [6.07, 6.45) is 0.330. The van der Waals surface area contributed by atoms with Gasteiger partial charge >= 0.3 is 0 Å². The van der Waals surface area contributed by atoms with Gasteiger partial charge in [-0.05, 0) is 25.6 Å². The van der Waals surface area contributed by atoms with Crippen LogP contribution in [0.5, 0.6) is 0 Å². The predicted octanol–water partition coefficient (Wildman–Crippen LogP) is 2.78. The number of hydrogen-bond acceptors (Lipinski definition) is 6. The third-order valence-corrected chi connectivity index (χ3v) is 2.81. The van der Waals surface area contributed by atoms with Crippen LogP contribution >= 0.6 is 12.2 Å². The van der Waals surface area contributed by atoms with Crippen LogP contribution in [0.3, 0.4) is 0 Å². The summed E-state index contributed by atoms with van der Waals surface area (Å²) < 4.78 is 5.13. The maximum atomic E-state index is 11.0. The van der Waals surface area contributed by atoms with E-state index in [0.717, 1.165) is 6.07 Å². The fourth-order valence-corrected chi connectivity index (χ4v) is 1.97. The van der Waals surface area contributed by atoms with Gasteiger partial charge in [-0.15, -0.1) is 0 Å². The van der Waals surface area contributed by atoms with Gasteiger partial charge in [-0.1, -0.05) is 6.92 Å². The van der Waals surface area contributed by atoms with Crippen molar-refractivity contribution < 1.29 is 14.6 Å². The third kappa shape index (κ3) is 3.22. The zero-order valence-corrected chi connectivity index (χ0v) is 11.2. The van der Waals surface area contributed by atoms with Crippen LogP contribution in [0.15, 0.2) is 12.1 Å². The summed E-state index contributed by atoms with van der Waals surface area (Å²) in [5.74, 6) is 0. The highest BCUT2D eigenvalue weighted by Crippen LogP contribution is 2.30. The molecule has 0 aliphatic heterocycles. The van der Waals surface area contributed by atoms with Crippen molar-refractivity contribution in [3.05, 3.63) is 43.5 Å². The molecule has 0 bridgehead atoms. The molecule has 0 aliphatic carbocycles. The van der Waals surface area contributed by atoms with Gasteiger partial charge in [0.25, 0.3) is 11.4 Å². The van der Waals surface area contributed by atoms with E-state index in [-0.39, 0.29) is 22.0 Å². The van der Waals surface area contributed by atoms with Crippen LogP contribution in [-0.4, -0.2) is 21.5 Å². The number of nitro benzene ring substituents is 2. The number of nitro groups is 2. The molecule has 102 valence electrons. The molecule has 1 aromatic carbocycles. The van der Waals surface area contributed by atoms with Crippen molar-refractivity contribution in [3.8, 4) is 0 Å². The van der Waals surface area contributed by atoms with E-state index in [1.54, 1.807) is 13.8 Å². The van der Waals surface area contributed by atoms with Gasteiger partial charge in [0.05, 0.1) is 22.5 Å². The molecule has 0 radical (unpaired) electrons. The lowest BCUT2D eigenvalue weighted by atomic mass is 10.0. The second-order valence-corrected chi connectivity index (χ2v) is 3.95. The summed E-state index contributed by atoms with van der Waals surface area (Å²) in [4.78, 5) is 20.5. The Morgan fingerprint density at radius 2 is 1.89 bits per heavy atom. The van der Waals surface area contributed by atoms with E-state index in [9.17, 15) is 20.2 Å². The number of ether oxygens (including phenoxy) is 1. The van der Waals surface area contributed by atoms with Gasteiger partial charge in [0.15, 0.2) is 5.05 Å². The number of nitrogens with zero attached hydrogens (tertiary/aromatic N) is 2. The number of thiocarbonyl (C=S) groups is 1. The van der Waals surface area contributed by atoms with Crippen molar-refractivity contribution in [1.82, 2.24) is 0 Å². The molecular formula is C11H12N2O5S. The zero-order chi connectivity index (χ0) is 14.6. The molecule has 0 spiro atoms. The van der Waals surface area contributed by atoms with Gasteiger partial charge in [0.1, 0.15) is 0 Å². The van der Waals surface area contributed by atoms with Gasteiger partial charge < -0.3 is 4.74 Å². The van der Waals surface area contributed by atoms with Gasteiger partial charge in [-0.25, -0.2) is 0 Å². The zero-order valence-electron chi connectivity index (χ0n) is 10.4. The minimum Gasteiger partial charge on any atom is -0.483 e. The lowest BCUT2D eigenvalue weighted by molar-refractivity contribution is -0.394. The maximum Gasteiger partial charge on any atom is 0.280 e. The van der Waals surface area contributed by atoms with E-state index < -0.39 is 9.85 Å². The summed E-state index contributed by atoms with van der Waals surface area (Å²) in [6.45, 7) is 3.72. The molecule has 0 aliphatic rings. The molecule has 0 unspecified atom stereocenters. The highest BCUT2D eigenvalue weighted by atomic mass is 32.1. The van der Waals surface area contributed by atoms with E-state index in [1.807, 2.05) is 0 Å². The van der Waals surface area contributed by atoms with E-state index in [2.05, 4.69) is 0 Å². The monoisotopic (exact) mass is 284 g/mol. The summed E-state index contributed by atoms with van der Waals surface area (Å²) >= 11 is 5.00. The standard InChI is InChI=1S/C11H12N2O5S/c1-3-8-9(11(19)18-4-2)5-7(12(14)15)6-10(8)13(16)17/h5-6H,3-4H2,1-2H3. The van der Waals surface area contributed by atoms with Crippen molar-refractivity contribution in [2.75, 3.05) is 6.61 Å². The fraction of sp³-hybridized carbons (Fsp3) is 0.364. The molecule has 0 aromatic heterocycles. The molecule has 0 saturated carbocycles. The number of hydrogen-bond donors (Lipinski definition) is 0. The molecule has 0 N–H and O–H groups in total. The van der Waals surface area contributed by atoms with Crippen molar-refractivity contribution in [1.29, 1.82) is 0 Å². The van der Waals surface area contributed by atoms with Gasteiger partial charge in [-0.2, -0.15) is 0 Å². The largest absolute Gasteiger partial charge is 0.483 e. The molecule has 7 nitrogen and oxygen atoms in total. The molecule has 8 heteroatoms. The van der Waals surface area contributed by atoms with Gasteiger partial charge in [-0.3, -0.25) is 20.2 Å². The SMILES string of the molecule is CCOC(=S)c1cc([N+](=O)[O-])cc([N+](=O)[O-])c1CC. The summed E-state index contributed by atoms with van der Waals surface area (Å²) in [6, 6.07) is 2.15. The Bertz CT molecular complexity index is 544. The Morgan fingerprint density at radius 1 is 1.26 bits per heavy atom. The fourth-order valence-electron chi connectivity index (χ4n) is 1.67. The minimum atomic E-state index is -0.690. The van der Waals surface area contributed by atoms with E-state index in [0.29, 0.717) is 18.6 Å². The first-order valence-corrected chi connectivity index (χ1v) is 5.96. The molecule has 1 rings (SSSR count). The minimum absolute atomic E-state index is 0.0335. The first-order chi connectivity index (χ1) is 8.92. The Labute approximate surface area is 114 Å². The van der Waals surface area contributed by atoms with Gasteiger partial charge in [0, 0.05) is 17.2 Å². The van der Waals surface area contributed by atoms with Crippen LogP contribution < -0.4 is 0 Å². The molecule has 1 aromatic rings. The summed E-state index contributed by atoms with van der Waals surface area (Å²) in [5.41, 5.74) is -0.107. The van der Waals surface area contributed by atoms with Crippen molar-refractivity contribution in [2.24, 2.45) is 0 Å². The highest BCUT2D eigenvalue weighted by molar-refractivity contribution is 7.80. The third-order valence-electron chi connectivity index (χ3n) is 2.47. The lowest BCUT2D eigenvalue weighted by Crippen LogP contribution is -2.10. The van der Waals surface area contributed by atoms with Crippen LogP contribution in [0, 0.1) is 20.2 Å². The normalized spacial score (nSPS) is 10.0. The van der Waals surface area contributed by atoms with E-state index in [1.165, 1.54) is 6.07 Å². The average Bonchev–Trinajstić information content (AvgIpc) is 2.36. The summed E-state index contributed by atoms with van der Waals surface area (Å²) in [5, 5.41) is 21.8. The Morgan fingerprint density at radius 3 is 2.32 bits per heavy atom.